The number of ether oxygens (including phenoxy) is 1. The second-order valence-corrected chi connectivity index (χ2v) is 10.8. The van der Waals surface area contributed by atoms with Crippen LogP contribution in [0.25, 0.3) is 0 Å². The minimum atomic E-state index is -3.72. The Morgan fingerprint density at radius 2 is 1.68 bits per heavy atom. The van der Waals surface area contributed by atoms with Gasteiger partial charge in [-0.1, -0.05) is 0 Å². The van der Waals surface area contributed by atoms with E-state index in [-0.39, 0.29) is 4.21 Å². The summed E-state index contributed by atoms with van der Waals surface area (Å²) in [6.07, 6.45) is 0.722. The molecule has 0 atom stereocenters. The van der Waals surface area contributed by atoms with E-state index in [0.717, 1.165) is 16.9 Å². The quantitative estimate of drug-likeness (QED) is 0.740. The molecule has 112 valence electrons. The Kier molecular flexibility index (Phi) is 8.20. The molecule has 0 aromatic carbocycles. The Bertz CT molecular complexity index is 598. The summed E-state index contributed by atoms with van der Waals surface area (Å²) in [7, 11) is 8.08. The highest BCUT2D eigenvalue weighted by molar-refractivity contribution is 8.31. The van der Waals surface area contributed by atoms with Crippen molar-refractivity contribution in [1.82, 2.24) is 0 Å². The Hall–Kier alpha value is 0.430. The van der Waals surface area contributed by atoms with Gasteiger partial charge in [-0.15, -0.1) is 11.3 Å². The molecule has 1 heterocycles. The summed E-state index contributed by atoms with van der Waals surface area (Å²) in [5.74, 6) is 0. The molecule has 0 radical (unpaired) electrons. The molecule has 0 bridgehead atoms. The predicted molar refractivity (Wildman–Crippen MR) is 78.3 cm³/mol. The Morgan fingerprint density at radius 3 is 2.00 bits per heavy atom. The van der Waals surface area contributed by atoms with Crippen LogP contribution in [0.2, 0.25) is 0 Å². The number of thiophene rings is 1. The molecule has 19 heavy (non-hydrogen) atoms. The molecule has 0 aliphatic heterocycles. The van der Waals surface area contributed by atoms with Crippen molar-refractivity contribution in [2.45, 2.75) is 17.6 Å². The first kappa shape index (κ1) is 19.4. The molecule has 5 nitrogen and oxygen atoms in total. The van der Waals surface area contributed by atoms with Crippen LogP contribution in [0.3, 0.4) is 0 Å². The third-order valence-electron chi connectivity index (χ3n) is 1.77. The molecule has 0 fully saturated rings. The van der Waals surface area contributed by atoms with Crippen LogP contribution in [-0.4, -0.2) is 30.6 Å². The maximum absolute atomic E-state index is 11.0. The highest BCUT2D eigenvalue weighted by Gasteiger charge is 2.15. The summed E-state index contributed by atoms with van der Waals surface area (Å²) >= 11 is 1.21. The molecule has 1 aromatic heterocycles. The zero-order chi connectivity index (χ0) is 15.3. The van der Waals surface area contributed by atoms with Gasteiger partial charge in [0.05, 0.1) is 6.61 Å². The van der Waals surface area contributed by atoms with E-state index >= 15 is 0 Å². The second-order valence-electron chi connectivity index (χ2n) is 3.23. The molecule has 0 saturated heterocycles. The maximum Gasteiger partial charge on any atom is 0.317 e. The Labute approximate surface area is 129 Å². The van der Waals surface area contributed by atoms with E-state index < -0.39 is 17.3 Å². The van der Waals surface area contributed by atoms with Gasteiger partial charge in [0.1, 0.15) is 4.21 Å². The normalized spacial score (nSPS) is 11.8. The lowest BCUT2D eigenvalue weighted by atomic mass is 10.2. The number of rotatable bonds is 4. The summed E-state index contributed by atoms with van der Waals surface area (Å²) < 4.78 is 45.5. The summed E-state index contributed by atoms with van der Waals surface area (Å²) in [5.41, 5.74) is 0.950. The fourth-order valence-corrected chi connectivity index (χ4v) is 3.37. The van der Waals surface area contributed by atoms with Crippen LogP contribution in [-0.2, 0) is 28.5 Å². The SMILES string of the molecule is COCCc1sc(S(=O)(=O)Cl)cc1C.O=S(=O)(Cl)Cl. The lowest BCUT2D eigenvalue weighted by Crippen LogP contribution is -1.92. The minimum Gasteiger partial charge on any atom is -0.384 e. The van der Waals surface area contributed by atoms with Gasteiger partial charge in [0.2, 0.25) is 0 Å². The highest BCUT2D eigenvalue weighted by atomic mass is 36.0. The van der Waals surface area contributed by atoms with Crippen molar-refractivity contribution in [2.75, 3.05) is 13.7 Å². The van der Waals surface area contributed by atoms with Crippen LogP contribution in [0.5, 0.6) is 0 Å². The minimum absolute atomic E-state index is 0.211. The van der Waals surface area contributed by atoms with Crippen LogP contribution in [0, 0.1) is 6.92 Å². The number of halogens is 3. The molecular formula is C8H11Cl3O5S3. The van der Waals surface area contributed by atoms with Gasteiger partial charge < -0.3 is 4.74 Å². The van der Waals surface area contributed by atoms with Crippen LogP contribution in [0.4, 0.5) is 0 Å². The molecule has 0 aliphatic carbocycles. The number of hydrogen-bond acceptors (Lipinski definition) is 6. The van der Waals surface area contributed by atoms with Gasteiger partial charge in [-0.05, 0) is 18.6 Å². The third kappa shape index (κ3) is 9.89. The first-order chi connectivity index (χ1) is 8.45. The van der Waals surface area contributed by atoms with Crippen molar-refractivity contribution in [3.8, 4) is 0 Å². The zero-order valence-corrected chi connectivity index (χ0v) is 14.6. The van der Waals surface area contributed by atoms with Gasteiger partial charge >= 0.3 is 8.26 Å². The number of aryl methyl sites for hydroxylation is 1. The van der Waals surface area contributed by atoms with Gasteiger partial charge in [0.25, 0.3) is 9.05 Å². The average molecular weight is 390 g/mol. The second kappa shape index (κ2) is 8.02. The largest absolute Gasteiger partial charge is 0.384 e. The van der Waals surface area contributed by atoms with Crippen molar-refractivity contribution >= 4 is 60.7 Å². The summed E-state index contributed by atoms with van der Waals surface area (Å²) in [6.45, 7) is 2.45. The molecule has 1 aromatic rings. The summed E-state index contributed by atoms with van der Waals surface area (Å²) in [4.78, 5) is 1.01. The molecular weight excluding hydrogens is 379 g/mol. The molecule has 0 spiro atoms. The standard InChI is InChI=1S/C8H11ClO3S2.Cl2O2S/c1-6-5-8(14(9,10)11)13-7(6)3-4-12-2;1-5(2,3)4/h5H,3-4H2,1-2H3;. The first-order valence-corrected chi connectivity index (χ1v) is 10.9. The number of hydrogen-bond donors (Lipinski definition) is 0. The smallest absolute Gasteiger partial charge is 0.317 e. The topological polar surface area (TPSA) is 77.5 Å². The van der Waals surface area contributed by atoms with Crippen LogP contribution >= 0.6 is 43.4 Å². The van der Waals surface area contributed by atoms with Crippen LogP contribution < -0.4 is 0 Å². The van der Waals surface area contributed by atoms with Gasteiger partial charge in [-0.3, -0.25) is 0 Å². The zero-order valence-electron chi connectivity index (χ0n) is 9.89. The molecule has 0 unspecified atom stereocenters. The van der Waals surface area contributed by atoms with Crippen molar-refractivity contribution in [3.63, 3.8) is 0 Å². The predicted octanol–water partition coefficient (Wildman–Crippen LogP) is 2.88. The highest BCUT2D eigenvalue weighted by Crippen LogP contribution is 2.28. The van der Waals surface area contributed by atoms with Gasteiger partial charge in [-0.2, -0.15) is 8.42 Å². The molecule has 0 saturated carbocycles. The maximum atomic E-state index is 11.0. The van der Waals surface area contributed by atoms with Crippen molar-refractivity contribution < 1.29 is 21.6 Å². The molecule has 0 amide bonds. The summed E-state index contributed by atoms with van der Waals surface area (Å²) in [5, 5.41) is 0. The van der Waals surface area contributed by atoms with Crippen molar-refractivity contribution in [1.29, 1.82) is 0 Å². The van der Waals surface area contributed by atoms with E-state index in [4.69, 9.17) is 23.8 Å². The lowest BCUT2D eigenvalue weighted by Gasteiger charge is -1.96. The Morgan fingerprint density at radius 1 is 1.21 bits per heavy atom. The monoisotopic (exact) mass is 388 g/mol. The fraction of sp³-hybridized carbons (Fsp3) is 0.500. The molecule has 11 heteroatoms. The Balaban J connectivity index is 0.000000555. The van der Waals surface area contributed by atoms with Gasteiger partial charge in [0, 0.05) is 50.5 Å². The average Bonchev–Trinajstić information content (AvgIpc) is 2.54. The van der Waals surface area contributed by atoms with E-state index in [1.54, 1.807) is 13.2 Å². The van der Waals surface area contributed by atoms with Crippen molar-refractivity contribution in [2.24, 2.45) is 0 Å². The van der Waals surface area contributed by atoms with Crippen molar-refractivity contribution in [3.05, 3.63) is 16.5 Å². The van der Waals surface area contributed by atoms with Gasteiger partial charge in [-0.25, -0.2) is 8.42 Å². The van der Waals surface area contributed by atoms with Crippen LogP contribution in [0.15, 0.2) is 10.3 Å². The van der Waals surface area contributed by atoms with Crippen LogP contribution in [0.1, 0.15) is 10.4 Å². The lowest BCUT2D eigenvalue weighted by molar-refractivity contribution is 0.203. The molecule has 1 rings (SSSR count). The van der Waals surface area contributed by atoms with E-state index in [1.165, 1.54) is 11.3 Å². The van der Waals surface area contributed by atoms with Gasteiger partial charge in [0.15, 0.2) is 0 Å². The van der Waals surface area contributed by atoms with E-state index in [0.29, 0.717) is 6.61 Å². The summed E-state index contributed by atoms with van der Waals surface area (Å²) in [6, 6.07) is 1.60. The first-order valence-electron chi connectivity index (χ1n) is 4.62. The molecule has 0 N–H and O–H groups in total. The fourth-order valence-electron chi connectivity index (χ4n) is 1.05. The third-order valence-corrected chi connectivity index (χ3v) is 5.14. The van der Waals surface area contributed by atoms with E-state index in [2.05, 4.69) is 21.4 Å². The van der Waals surface area contributed by atoms with E-state index in [1.807, 2.05) is 6.92 Å². The number of methoxy groups -OCH3 is 1. The molecule has 0 aliphatic rings. The van der Waals surface area contributed by atoms with E-state index in [9.17, 15) is 8.42 Å².